The molecular formula is C16H15F3N4O. The molecule has 1 aliphatic heterocycles. The number of amides is 1. The minimum absolute atomic E-state index is 0.134. The Hall–Kier alpha value is -2.64. The number of rotatable bonds is 3. The van der Waals surface area contributed by atoms with Gasteiger partial charge in [-0.3, -0.25) is 4.79 Å². The standard InChI is InChI=1S/C16H15F3N4O/c1-9-20-12(16(24)23-6-2-3-7-23)8-13(21-9)22-11-5-4-10(17)14(18)15(11)19/h4-5,8H,2-3,6-7H2,1H3,(H,20,21,22). The molecule has 0 radical (unpaired) electrons. The Labute approximate surface area is 136 Å². The van der Waals surface area contributed by atoms with Gasteiger partial charge in [-0.1, -0.05) is 0 Å². The largest absolute Gasteiger partial charge is 0.338 e. The zero-order valence-electron chi connectivity index (χ0n) is 12.9. The van der Waals surface area contributed by atoms with Gasteiger partial charge in [-0.25, -0.2) is 23.1 Å². The number of aromatic nitrogens is 2. The molecule has 3 rings (SSSR count). The summed E-state index contributed by atoms with van der Waals surface area (Å²) in [6.07, 6.45) is 1.89. The number of nitrogens with zero attached hydrogens (tertiary/aromatic N) is 3. The minimum Gasteiger partial charge on any atom is -0.338 e. The quantitative estimate of drug-likeness (QED) is 0.875. The van der Waals surface area contributed by atoms with Crippen LogP contribution in [0, 0.1) is 24.4 Å². The second kappa shape index (κ2) is 6.46. The number of carbonyl (C=O) groups excluding carboxylic acids is 1. The third kappa shape index (κ3) is 3.17. The maximum Gasteiger partial charge on any atom is 0.272 e. The lowest BCUT2D eigenvalue weighted by Gasteiger charge is -2.15. The topological polar surface area (TPSA) is 58.1 Å². The Morgan fingerprint density at radius 3 is 2.54 bits per heavy atom. The average Bonchev–Trinajstić information content (AvgIpc) is 3.09. The van der Waals surface area contributed by atoms with Crippen LogP contribution in [0.5, 0.6) is 0 Å². The molecule has 1 aliphatic rings. The first-order chi connectivity index (χ1) is 11.5. The van der Waals surface area contributed by atoms with Crippen molar-refractivity contribution in [3.05, 3.63) is 47.2 Å². The van der Waals surface area contributed by atoms with Gasteiger partial charge in [0.15, 0.2) is 17.5 Å². The summed E-state index contributed by atoms with van der Waals surface area (Å²) >= 11 is 0. The summed E-state index contributed by atoms with van der Waals surface area (Å²) in [6, 6.07) is 3.24. The van der Waals surface area contributed by atoms with Gasteiger partial charge in [-0.05, 0) is 31.9 Å². The van der Waals surface area contributed by atoms with Gasteiger partial charge in [0.1, 0.15) is 17.3 Å². The Morgan fingerprint density at radius 2 is 1.83 bits per heavy atom. The van der Waals surface area contributed by atoms with Crippen molar-refractivity contribution in [2.24, 2.45) is 0 Å². The van der Waals surface area contributed by atoms with Crippen molar-refractivity contribution in [3.63, 3.8) is 0 Å². The fourth-order valence-corrected chi connectivity index (χ4v) is 2.58. The zero-order valence-corrected chi connectivity index (χ0v) is 12.9. The number of nitrogens with one attached hydrogen (secondary N) is 1. The van der Waals surface area contributed by atoms with Crippen LogP contribution < -0.4 is 5.32 Å². The van der Waals surface area contributed by atoms with Gasteiger partial charge in [-0.2, -0.15) is 0 Å². The van der Waals surface area contributed by atoms with Crippen LogP contribution in [-0.4, -0.2) is 33.9 Å². The summed E-state index contributed by atoms with van der Waals surface area (Å²) in [7, 11) is 0. The zero-order chi connectivity index (χ0) is 17.3. The second-order valence-corrected chi connectivity index (χ2v) is 5.53. The molecule has 24 heavy (non-hydrogen) atoms. The molecule has 8 heteroatoms. The molecule has 1 amide bonds. The van der Waals surface area contributed by atoms with Crippen LogP contribution >= 0.6 is 0 Å². The monoisotopic (exact) mass is 336 g/mol. The number of carbonyl (C=O) groups is 1. The van der Waals surface area contributed by atoms with Gasteiger partial charge >= 0.3 is 0 Å². The van der Waals surface area contributed by atoms with Crippen molar-refractivity contribution in [2.45, 2.75) is 19.8 Å². The Kier molecular flexibility index (Phi) is 4.37. The minimum atomic E-state index is -1.57. The first-order valence-electron chi connectivity index (χ1n) is 7.51. The van der Waals surface area contributed by atoms with Gasteiger partial charge in [0.25, 0.3) is 5.91 Å². The van der Waals surface area contributed by atoms with E-state index in [0.717, 1.165) is 25.0 Å². The van der Waals surface area contributed by atoms with Crippen LogP contribution in [0.25, 0.3) is 0 Å². The molecule has 0 bridgehead atoms. The van der Waals surface area contributed by atoms with Crippen molar-refractivity contribution in [2.75, 3.05) is 18.4 Å². The van der Waals surface area contributed by atoms with Crippen molar-refractivity contribution in [3.8, 4) is 0 Å². The molecule has 0 saturated carbocycles. The molecule has 1 aromatic heterocycles. The normalized spacial score (nSPS) is 14.1. The molecule has 0 atom stereocenters. The van der Waals surface area contributed by atoms with Gasteiger partial charge in [0, 0.05) is 19.2 Å². The molecule has 1 N–H and O–H groups in total. The van der Waals surface area contributed by atoms with Gasteiger partial charge in [-0.15, -0.1) is 0 Å². The SMILES string of the molecule is Cc1nc(Nc2ccc(F)c(F)c2F)cc(C(=O)N2CCCC2)n1. The first-order valence-corrected chi connectivity index (χ1v) is 7.51. The van der Waals surface area contributed by atoms with Crippen LogP contribution in [0.2, 0.25) is 0 Å². The lowest BCUT2D eigenvalue weighted by Crippen LogP contribution is -2.28. The maximum absolute atomic E-state index is 13.8. The molecular weight excluding hydrogens is 321 g/mol. The fourth-order valence-electron chi connectivity index (χ4n) is 2.58. The molecule has 126 valence electrons. The van der Waals surface area contributed by atoms with E-state index in [-0.39, 0.29) is 23.1 Å². The van der Waals surface area contributed by atoms with E-state index in [4.69, 9.17) is 0 Å². The van der Waals surface area contributed by atoms with Crippen LogP contribution in [0.15, 0.2) is 18.2 Å². The third-order valence-corrected chi connectivity index (χ3v) is 3.75. The van der Waals surface area contributed by atoms with Gasteiger partial charge < -0.3 is 10.2 Å². The fraction of sp³-hybridized carbons (Fsp3) is 0.312. The lowest BCUT2D eigenvalue weighted by molar-refractivity contribution is 0.0786. The van der Waals surface area contributed by atoms with E-state index in [2.05, 4.69) is 15.3 Å². The molecule has 0 spiro atoms. The number of likely N-dealkylation sites (tertiary alicyclic amines) is 1. The van der Waals surface area contributed by atoms with E-state index in [1.165, 1.54) is 6.07 Å². The van der Waals surface area contributed by atoms with Gasteiger partial charge in [0.05, 0.1) is 5.69 Å². The summed E-state index contributed by atoms with van der Waals surface area (Å²) < 4.78 is 40.0. The first kappa shape index (κ1) is 16.2. The number of anilines is 2. The predicted molar refractivity (Wildman–Crippen MR) is 81.5 cm³/mol. The van der Waals surface area contributed by atoms with E-state index < -0.39 is 17.5 Å². The number of aryl methyl sites for hydroxylation is 1. The molecule has 0 aliphatic carbocycles. The lowest BCUT2D eigenvalue weighted by atomic mass is 10.2. The highest BCUT2D eigenvalue weighted by Crippen LogP contribution is 2.23. The smallest absolute Gasteiger partial charge is 0.272 e. The van der Waals surface area contributed by atoms with E-state index in [1.54, 1.807) is 11.8 Å². The number of benzene rings is 1. The molecule has 1 aromatic carbocycles. The summed E-state index contributed by atoms with van der Waals surface area (Å²) in [5.41, 5.74) is -0.0959. The molecule has 5 nitrogen and oxygen atoms in total. The van der Waals surface area contributed by atoms with E-state index in [1.807, 2.05) is 0 Å². The van der Waals surface area contributed by atoms with Crippen molar-refractivity contribution in [1.82, 2.24) is 14.9 Å². The van der Waals surface area contributed by atoms with Gasteiger partial charge in [0.2, 0.25) is 0 Å². The Morgan fingerprint density at radius 1 is 1.12 bits per heavy atom. The van der Waals surface area contributed by atoms with Crippen molar-refractivity contribution < 1.29 is 18.0 Å². The van der Waals surface area contributed by atoms with E-state index in [0.29, 0.717) is 18.9 Å². The molecule has 1 fully saturated rings. The average molecular weight is 336 g/mol. The highest BCUT2D eigenvalue weighted by molar-refractivity contribution is 5.93. The Balaban J connectivity index is 1.89. The second-order valence-electron chi connectivity index (χ2n) is 5.53. The number of hydrogen-bond acceptors (Lipinski definition) is 4. The maximum atomic E-state index is 13.8. The van der Waals surface area contributed by atoms with Crippen molar-refractivity contribution >= 4 is 17.4 Å². The summed E-state index contributed by atoms with van der Waals surface area (Å²) in [5.74, 6) is -3.98. The van der Waals surface area contributed by atoms with Crippen molar-refractivity contribution in [1.29, 1.82) is 0 Å². The highest BCUT2D eigenvalue weighted by atomic mass is 19.2. The summed E-state index contributed by atoms with van der Waals surface area (Å²) in [5, 5.41) is 2.56. The number of halogens is 3. The summed E-state index contributed by atoms with van der Waals surface area (Å²) in [4.78, 5) is 22.2. The Bertz CT molecular complexity index is 791. The number of hydrogen-bond donors (Lipinski definition) is 1. The highest BCUT2D eigenvalue weighted by Gasteiger charge is 2.22. The van der Waals surface area contributed by atoms with Crippen LogP contribution in [0.3, 0.4) is 0 Å². The molecule has 1 saturated heterocycles. The van der Waals surface area contributed by atoms with Crippen LogP contribution in [0.4, 0.5) is 24.7 Å². The predicted octanol–water partition coefficient (Wildman–Crippen LogP) is 3.18. The van der Waals surface area contributed by atoms with E-state index in [9.17, 15) is 18.0 Å². The van der Waals surface area contributed by atoms with E-state index >= 15 is 0 Å². The molecule has 0 unspecified atom stereocenters. The molecule has 2 heterocycles. The summed E-state index contributed by atoms with van der Waals surface area (Å²) in [6.45, 7) is 2.93. The molecule has 2 aromatic rings. The van der Waals surface area contributed by atoms with Crippen LogP contribution in [-0.2, 0) is 0 Å². The van der Waals surface area contributed by atoms with Crippen LogP contribution in [0.1, 0.15) is 29.2 Å². The third-order valence-electron chi connectivity index (χ3n) is 3.75.